The summed E-state index contributed by atoms with van der Waals surface area (Å²) in [6.07, 6.45) is 2.78. The summed E-state index contributed by atoms with van der Waals surface area (Å²) in [6.45, 7) is 2.04. The van der Waals surface area contributed by atoms with Crippen LogP contribution in [0, 0.1) is 11.7 Å². The number of hydrogen-bond acceptors (Lipinski definition) is 3. The molecule has 0 unspecified atom stereocenters. The molecule has 1 saturated heterocycles. The maximum atomic E-state index is 14.3. The molecular weight excluding hydrogens is 339 g/mol. The average molecular weight is 362 g/mol. The molecule has 2 aliphatic rings. The minimum atomic E-state index is -0.201. The van der Waals surface area contributed by atoms with Crippen molar-refractivity contribution in [2.75, 3.05) is 20.1 Å². The van der Waals surface area contributed by atoms with E-state index in [-0.39, 0.29) is 11.2 Å². The highest BCUT2D eigenvalue weighted by atomic mass is 19.1. The maximum Gasteiger partial charge on any atom is 0.132 e. The van der Waals surface area contributed by atoms with Crippen LogP contribution in [0.3, 0.4) is 0 Å². The lowest BCUT2D eigenvalue weighted by Gasteiger charge is -2.50. The topological polar surface area (TPSA) is 36.4 Å². The Morgan fingerprint density at radius 3 is 2.89 bits per heavy atom. The molecule has 5 rings (SSSR count). The van der Waals surface area contributed by atoms with E-state index in [1.165, 1.54) is 17.2 Å². The minimum Gasteiger partial charge on any atom is -0.508 e. The summed E-state index contributed by atoms with van der Waals surface area (Å²) in [5, 5.41) is 10.7. The predicted octanol–water partition coefficient (Wildman–Crippen LogP) is 4.07. The van der Waals surface area contributed by atoms with E-state index in [1.54, 1.807) is 12.1 Å². The van der Waals surface area contributed by atoms with Gasteiger partial charge in [-0.05, 0) is 73.8 Å². The van der Waals surface area contributed by atoms with E-state index in [0.29, 0.717) is 17.1 Å². The third-order valence-electron chi connectivity index (χ3n) is 6.60. The summed E-state index contributed by atoms with van der Waals surface area (Å²) in [5.74, 6) is 0.545. The van der Waals surface area contributed by atoms with Crippen LogP contribution >= 0.6 is 0 Å². The number of piperidine rings is 1. The molecule has 0 amide bonds. The summed E-state index contributed by atoms with van der Waals surface area (Å²) in [6, 6.07) is 14.9. The summed E-state index contributed by atoms with van der Waals surface area (Å²) in [5.41, 5.74) is 4.16. The number of likely N-dealkylation sites (tertiary alicyclic amines) is 1. The Balaban J connectivity index is 1.67. The predicted molar refractivity (Wildman–Crippen MR) is 104 cm³/mol. The Morgan fingerprint density at radius 1 is 1.19 bits per heavy atom. The first kappa shape index (κ1) is 16.7. The number of aromatic nitrogens is 1. The van der Waals surface area contributed by atoms with Crippen molar-refractivity contribution < 1.29 is 9.50 Å². The first-order chi connectivity index (χ1) is 13.0. The molecule has 4 heteroatoms. The zero-order valence-corrected chi connectivity index (χ0v) is 15.5. The van der Waals surface area contributed by atoms with Gasteiger partial charge >= 0.3 is 0 Å². The Morgan fingerprint density at radius 2 is 2.04 bits per heavy atom. The highest BCUT2D eigenvalue weighted by Gasteiger charge is 2.47. The van der Waals surface area contributed by atoms with Gasteiger partial charge in [-0.1, -0.05) is 18.2 Å². The fourth-order valence-electron chi connectivity index (χ4n) is 5.16. The molecule has 3 aromatic rings. The zero-order chi connectivity index (χ0) is 18.6. The van der Waals surface area contributed by atoms with Crippen LogP contribution in [-0.4, -0.2) is 35.1 Å². The Hall–Kier alpha value is -2.46. The standard InChI is InChI=1S/C23H23FN2O/c1-26-9-8-23(16-4-2-5-18(27)12-16)13-22-15(10-17(23)14-26)11-19-20(24)6-3-7-21(19)25-22/h2-7,11-12,17,27H,8-10,13-14H2,1H3/t17-,23-/m0/s1. The van der Waals surface area contributed by atoms with Crippen molar-refractivity contribution in [2.45, 2.75) is 24.7 Å². The maximum absolute atomic E-state index is 14.3. The van der Waals surface area contributed by atoms with Gasteiger partial charge in [-0.3, -0.25) is 4.98 Å². The molecule has 0 spiro atoms. The van der Waals surface area contributed by atoms with Crippen LogP contribution in [0.25, 0.3) is 10.9 Å². The molecule has 138 valence electrons. The van der Waals surface area contributed by atoms with E-state index in [9.17, 15) is 9.50 Å². The number of fused-ring (bicyclic) bond motifs is 3. The monoisotopic (exact) mass is 362 g/mol. The van der Waals surface area contributed by atoms with Crippen LogP contribution in [0.15, 0.2) is 48.5 Å². The van der Waals surface area contributed by atoms with Gasteiger partial charge in [0, 0.05) is 29.5 Å². The summed E-state index contributed by atoms with van der Waals surface area (Å²) >= 11 is 0. The molecule has 1 aliphatic carbocycles. The average Bonchev–Trinajstić information content (AvgIpc) is 2.65. The molecular formula is C23H23FN2O. The van der Waals surface area contributed by atoms with E-state index >= 15 is 0 Å². The fraction of sp³-hybridized carbons (Fsp3) is 0.348. The van der Waals surface area contributed by atoms with Crippen molar-refractivity contribution in [3.63, 3.8) is 0 Å². The van der Waals surface area contributed by atoms with E-state index in [0.717, 1.165) is 43.6 Å². The lowest BCUT2D eigenvalue weighted by molar-refractivity contribution is 0.0987. The Labute approximate surface area is 158 Å². The Kier molecular flexibility index (Phi) is 3.73. The molecule has 0 saturated carbocycles. The van der Waals surface area contributed by atoms with Gasteiger partial charge in [0.05, 0.1) is 5.52 Å². The van der Waals surface area contributed by atoms with Gasteiger partial charge in [0.1, 0.15) is 11.6 Å². The van der Waals surface area contributed by atoms with E-state index in [4.69, 9.17) is 4.98 Å². The van der Waals surface area contributed by atoms with E-state index in [2.05, 4.69) is 18.0 Å². The molecule has 0 radical (unpaired) electrons. The zero-order valence-electron chi connectivity index (χ0n) is 15.5. The molecule has 0 bridgehead atoms. The highest BCUT2D eigenvalue weighted by Crippen LogP contribution is 2.48. The summed E-state index contributed by atoms with van der Waals surface area (Å²) in [7, 11) is 2.17. The molecule has 1 fully saturated rings. The van der Waals surface area contributed by atoms with Crippen molar-refractivity contribution >= 4 is 10.9 Å². The van der Waals surface area contributed by atoms with Crippen molar-refractivity contribution in [2.24, 2.45) is 5.92 Å². The van der Waals surface area contributed by atoms with Crippen LogP contribution in [0.1, 0.15) is 23.2 Å². The molecule has 2 atom stereocenters. The molecule has 27 heavy (non-hydrogen) atoms. The number of phenols is 1. The van der Waals surface area contributed by atoms with Crippen LogP contribution in [0.5, 0.6) is 5.75 Å². The van der Waals surface area contributed by atoms with Gasteiger partial charge in [0.2, 0.25) is 0 Å². The second kappa shape index (κ2) is 6.03. The fourth-order valence-corrected chi connectivity index (χ4v) is 5.16. The SMILES string of the molecule is CN1CC[C@@]2(c3cccc(O)c3)Cc3nc4cccc(F)c4cc3C[C@H]2C1. The third-order valence-corrected chi connectivity index (χ3v) is 6.60. The Bertz CT molecular complexity index is 1030. The summed E-state index contributed by atoms with van der Waals surface area (Å²) < 4.78 is 14.3. The normalized spacial score (nSPS) is 25.2. The van der Waals surface area contributed by atoms with Crippen molar-refractivity contribution in [3.8, 4) is 5.75 Å². The van der Waals surface area contributed by atoms with Crippen molar-refractivity contribution in [1.29, 1.82) is 0 Å². The molecule has 1 aromatic heterocycles. The first-order valence-corrected chi connectivity index (χ1v) is 9.60. The molecule has 2 aromatic carbocycles. The third kappa shape index (κ3) is 2.62. The van der Waals surface area contributed by atoms with Gasteiger partial charge in [-0.2, -0.15) is 0 Å². The lowest BCUT2D eigenvalue weighted by atomic mass is 9.58. The van der Waals surface area contributed by atoms with E-state index in [1.807, 2.05) is 24.3 Å². The second-order valence-electron chi connectivity index (χ2n) is 8.20. The van der Waals surface area contributed by atoms with Crippen LogP contribution in [0.4, 0.5) is 4.39 Å². The number of halogens is 1. The largest absolute Gasteiger partial charge is 0.508 e. The van der Waals surface area contributed by atoms with Gasteiger partial charge < -0.3 is 10.0 Å². The highest BCUT2D eigenvalue weighted by molar-refractivity contribution is 5.80. The number of pyridine rings is 1. The van der Waals surface area contributed by atoms with Crippen LogP contribution in [-0.2, 0) is 18.3 Å². The number of benzene rings is 2. The smallest absolute Gasteiger partial charge is 0.132 e. The van der Waals surface area contributed by atoms with Crippen molar-refractivity contribution in [3.05, 3.63) is 71.2 Å². The summed E-state index contributed by atoms with van der Waals surface area (Å²) in [4.78, 5) is 7.24. The van der Waals surface area contributed by atoms with E-state index < -0.39 is 0 Å². The van der Waals surface area contributed by atoms with Gasteiger partial charge in [0.25, 0.3) is 0 Å². The number of phenolic OH excluding ortho intramolecular Hbond substituents is 1. The molecule has 3 nitrogen and oxygen atoms in total. The minimum absolute atomic E-state index is 0.0216. The molecule has 1 N–H and O–H groups in total. The van der Waals surface area contributed by atoms with Crippen LogP contribution in [0.2, 0.25) is 0 Å². The number of aromatic hydroxyl groups is 1. The second-order valence-corrected chi connectivity index (χ2v) is 8.20. The number of hydrogen-bond donors (Lipinski definition) is 1. The van der Waals surface area contributed by atoms with Crippen molar-refractivity contribution in [1.82, 2.24) is 9.88 Å². The number of rotatable bonds is 1. The molecule has 2 heterocycles. The first-order valence-electron chi connectivity index (χ1n) is 9.60. The number of nitrogens with zero attached hydrogens (tertiary/aromatic N) is 2. The van der Waals surface area contributed by atoms with Gasteiger partial charge in [-0.25, -0.2) is 4.39 Å². The van der Waals surface area contributed by atoms with Gasteiger partial charge in [-0.15, -0.1) is 0 Å². The molecule has 1 aliphatic heterocycles. The quantitative estimate of drug-likeness (QED) is 0.709. The lowest BCUT2D eigenvalue weighted by Crippen LogP contribution is -2.53. The van der Waals surface area contributed by atoms with Crippen LogP contribution < -0.4 is 0 Å². The van der Waals surface area contributed by atoms with Gasteiger partial charge in [0.15, 0.2) is 0 Å².